The summed E-state index contributed by atoms with van der Waals surface area (Å²) < 4.78 is 5.28. The van der Waals surface area contributed by atoms with Gasteiger partial charge in [0.15, 0.2) is 0 Å². The molecule has 0 aliphatic heterocycles. The number of carbonyl (C=O) groups excluding carboxylic acids is 1. The molecule has 0 unspecified atom stereocenters. The third-order valence-electron chi connectivity index (χ3n) is 11.7. The van der Waals surface area contributed by atoms with Crippen molar-refractivity contribution < 1.29 is 19.7 Å². The Hall–Kier alpha value is -0.870. The third-order valence-corrected chi connectivity index (χ3v) is 11.7. The van der Waals surface area contributed by atoms with Crippen molar-refractivity contribution in [1.29, 1.82) is 0 Å². The maximum absolute atomic E-state index is 12.9. The molecule has 4 aliphatic rings. The molecule has 9 atom stereocenters. The Kier molecular flexibility index (Phi) is 7.10. The Morgan fingerprint density at radius 1 is 1.06 bits per heavy atom. The molecule has 4 rings (SSSR count). The van der Waals surface area contributed by atoms with Crippen LogP contribution in [-0.2, 0) is 9.53 Å². The molecule has 194 valence electrons. The molecule has 0 aromatic rings. The summed E-state index contributed by atoms with van der Waals surface area (Å²) in [5, 5.41) is 22.5. The Morgan fingerprint density at radius 3 is 2.41 bits per heavy atom. The minimum absolute atomic E-state index is 0.0313. The van der Waals surface area contributed by atoms with Gasteiger partial charge in [0.2, 0.25) is 0 Å². The van der Waals surface area contributed by atoms with Gasteiger partial charge in [-0.05, 0) is 104 Å². The predicted molar refractivity (Wildman–Crippen MR) is 136 cm³/mol. The van der Waals surface area contributed by atoms with Crippen molar-refractivity contribution in [2.45, 2.75) is 118 Å². The molecule has 0 amide bonds. The average Bonchev–Trinajstić information content (AvgIpc) is 3.11. The van der Waals surface area contributed by atoms with Gasteiger partial charge in [0.05, 0.1) is 19.3 Å². The Morgan fingerprint density at radius 2 is 1.76 bits per heavy atom. The van der Waals surface area contributed by atoms with Crippen LogP contribution >= 0.6 is 0 Å². The number of fused-ring (bicyclic) bond motifs is 5. The van der Waals surface area contributed by atoms with E-state index in [9.17, 15) is 15.0 Å². The van der Waals surface area contributed by atoms with Crippen LogP contribution in [0.3, 0.4) is 0 Å². The quantitative estimate of drug-likeness (QED) is 0.363. The van der Waals surface area contributed by atoms with Gasteiger partial charge in [-0.25, -0.2) is 4.79 Å². The highest BCUT2D eigenvalue weighted by Crippen LogP contribution is 2.74. The van der Waals surface area contributed by atoms with Gasteiger partial charge in [0.25, 0.3) is 0 Å². The molecule has 2 N–H and O–H groups in total. The second-order valence-corrected chi connectivity index (χ2v) is 13.6. The fraction of sp³-hybridized carbons (Fsp3) is 0.900. The van der Waals surface area contributed by atoms with Crippen molar-refractivity contribution in [1.82, 2.24) is 0 Å². The third kappa shape index (κ3) is 3.81. The van der Waals surface area contributed by atoms with E-state index in [1.807, 2.05) is 0 Å². The molecule has 0 radical (unpaired) electrons. The summed E-state index contributed by atoms with van der Waals surface area (Å²) >= 11 is 0. The number of carbonyl (C=O) groups is 1. The molecule has 0 spiro atoms. The molecule has 34 heavy (non-hydrogen) atoms. The number of ether oxygens (including phenoxy) is 1. The van der Waals surface area contributed by atoms with Crippen molar-refractivity contribution in [2.24, 2.45) is 45.8 Å². The fourth-order valence-electron chi connectivity index (χ4n) is 9.75. The normalized spacial score (nSPS) is 47.6. The van der Waals surface area contributed by atoms with Gasteiger partial charge in [-0.2, -0.15) is 0 Å². The van der Waals surface area contributed by atoms with E-state index >= 15 is 0 Å². The highest BCUT2D eigenvalue weighted by atomic mass is 16.5. The molecule has 4 fully saturated rings. The van der Waals surface area contributed by atoms with Crippen molar-refractivity contribution >= 4 is 5.97 Å². The van der Waals surface area contributed by atoms with Gasteiger partial charge in [-0.1, -0.05) is 53.5 Å². The number of allylic oxidation sites excluding steroid dienone is 1. The monoisotopic (exact) mass is 474 g/mol. The number of hydrogen-bond donors (Lipinski definition) is 2. The van der Waals surface area contributed by atoms with E-state index in [1.165, 1.54) is 12.7 Å². The number of hydrogen-bond acceptors (Lipinski definition) is 4. The van der Waals surface area contributed by atoms with Crippen LogP contribution in [0.15, 0.2) is 11.1 Å². The van der Waals surface area contributed by atoms with Crippen LogP contribution in [0.4, 0.5) is 0 Å². The molecule has 0 aromatic heterocycles. The molecular weight excluding hydrogens is 424 g/mol. The van der Waals surface area contributed by atoms with Crippen LogP contribution < -0.4 is 0 Å². The zero-order chi connectivity index (χ0) is 25.1. The maximum Gasteiger partial charge on any atom is 0.333 e. The molecule has 4 nitrogen and oxygen atoms in total. The molecule has 4 aliphatic carbocycles. The lowest BCUT2D eigenvalue weighted by Crippen LogP contribution is -2.65. The van der Waals surface area contributed by atoms with Crippen LogP contribution in [-0.4, -0.2) is 35.5 Å². The summed E-state index contributed by atoms with van der Waals surface area (Å²) in [7, 11) is 1.51. The van der Waals surface area contributed by atoms with E-state index in [4.69, 9.17) is 4.74 Å². The number of aliphatic hydroxyl groups excluding tert-OH is 2. The van der Waals surface area contributed by atoms with Gasteiger partial charge < -0.3 is 14.9 Å². The standard InChI is InChI=1S/C30H50O4/c1-18(2)9-8-10-21(27(33)34-7)20-11-15-29(5)23(20)17-25(32)26-28(4)14-13-24(31)19(3)22(28)12-16-30(26,29)6/h18-19,22-26,31-32H,8-17H2,1-7H3/t19-,22-,23-,24-,25+,26-,28-,29-,30-/m0/s1. The smallest absolute Gasteiger partial charge is 0.333 e. The van der Waals surface area contributed by atoms with Gasteiger partial charge >= 0.3 is 5.97 Å². The minimum Gasteiger partial charge on any atom is -0.466 e. The summed E-state index contributed by atoms with van der Waals surface area (Å²) in [5.41, 5.74) is 2.37. The van der Waals surface area contributed by atoms with E-state index < -0.39 is 0 Å². The summed E-state index contributed by atoms with van der Waals surface area (Å²) in [5.74, 6) is 1.74. The largest absolute Gasteiger partial charge is 0.466 e. The summed E-state index contributed by atoms with van der Waals surface area (Å²) in [6, 6.07) is 0. The molecular formula is C30H50O4. The van der Waals surface area contributed by atoms with E-state index in [0.717, 1.165) is 69.8 Å². The second-order valence-electron chi connectivity index (χ2n) is 13.6. The maximum atomic E-state index is 12.9. The van der Waals surface area contributed by atoms with Gasteiger partial charge in [-0.15, -0.1) is 0 Å². The number of methoxy groups -OCH3 is 1. The highest BCUT2D eigenvalue weighted by molar-refractivity contribution is 5.89. The first-order valence-corrected chi connectivity index (χ1v) is 14.1. The summed E-state index contributed by atoms with van der Waals surface area (Å²) in [6.07, 6.45) is 9.25. The van der Waals surface area contributed by atoms with Crippen LogP contribution in [0.1, 0.15) is 106 Å². The van der Waals surface area contributed by atoms with Crippen molar-refractivity contribution in [3.8, 4) is 0 Å². The first-order chi connectivity index (χ1) is 15.9. The molecule has 0 aromatic carbocycles. The number of aliphatic hydroxyl groups is 2. The lowest BCUT2D eigenvalue weighted by molar-refractivity contribution is -0.233. The lowest BCUT2D eigenvalue weighted by atomic mass is 9.36. The Labute approximate surface area is 207 Å². The van der Waals surface area contributed by atoms with Crippen LogP contribution in [0, 0.1) is 45.8 Å². The van der Waals surface area contributed by atoms with Crippen molar-refractivity contribution in [3.63, 3.8) is 0 Å². The van der Waals surface area contributed by atoms with E-state index in [0.29, 0.717) is 17.8 Å². The Balaban J connectivity index is 1.71. The van der Waals surface area contributed by atoms with Crippen LogP contribution in [0.2, 0.25) is 0 Å². The Bertz CT molecular complexity index is 817. The number of rotatable bonds is 5. The van der Waals surface area contributed by atoms with Crippen molar-refractivity contribution in [3.05, 3.63) is 11.1 Å². The van der Waals surface area contributed by atoms with E-state index in [1.54, 1.807) is 0 Å². The molecule has 4 saturated carbocycles. The first-order valence-electron chi connectivity index (χ1n) is 14.1. The average molecular weight is 475 g/mol. The molecule has 0 heterocycles. The number of esters is 1. The fourth-order valence-corrected chi connectivity index (χ4v) is 9.75. The topological polar surface area (TPSA) is 66.8 Å². The summed E-state index contributed by atoms with van der Waals surface area (Å²) in [6.45, 7) is 14.1. The minimum atomic E-state index is -0.360. The lowest BCUT2D eigenvalue weighted by Gasteiger charge is -2.69. The van der Waals surface area contributed by atoms with Crippen LogP contribution in [0.5, 0.6) is 0 Å². The van der Waals surface area contributed by atoms with Crippen molar-refractivity contribution in [2.75, 3.05) is 7.11 Å². The zero-order valence-corrected chi connectivity index (χ0v) is 22.8. The molecule has 0 bridgehead atoms. The highest BCUT2D eigenvalue weighted by Gasteiger charge is 2.69. The molecule has 0 saturated heterocycles. The van der Waals surface area contributed by atoms with Gasteiger partial charge in [-0.3, -0.25) is 0 Å². The second kappa shape index (κ2) is 9.21. The zero-order valence-electron chi connectivity index (χ0n) is 22.8. The van der Waals surface area contributed by atoms with Crippen LogP contribution in [0.25, 0.3) is 0 Å². The predicted octanol–water partition coefficient (Wildman–Crippen LogP) is 6.29. The van der Waals surface area contributed by atoms with Gasteiger partial charge in [0, 0.05) is 5.57 Å². The summed E-state index contributed by atoms with van der Waals surface area (Å²) in [4.78, 5) is 12.9. The molecule has 4 heteroatoms. The first kappa shape index (κ1) is 26.2. The van der Waals surface area contributed by atoms with E-state index in [2.05, 4.69) is 41.5 Å². The SMILES string of the molecule is COC(=O)C(CCCC(C)C)=C1CC[C@@]2(C)[C@H]1C[C@@H](O)[C@H]1[C@@]3(C)CC[C@H](O)[C@@H](C)[C@@H]3CC[C@@]12C. The van der Waals surface area contributed by atoms with Gasteiger partial charge in [0.1, 0.15) is 0 Å². The van der Waals surface area contributed by atoms with E-state index in [-0.39, 0.29) is 46.3 Å².